The van der Waals surface area contributed by atoms with Crippen molar-refractivity contribution < 1.29 is 14.5 Å². The molecule has 0 saturated carbocycles. The average Bonchev–Trinajstić information content (AvgIpc) is 3.11. The lowest BCUT2D eigenvalue weighted by Crippen LogP contribution is -2.43. The van der Waals surface area contributed by atoms with Gasteiger partial charge >= 0.3 is 5.69 Å². The smallest absolute Gasteiger partial charge is 0.312 e. The Kier molecular flexibility index (Phi) is 6.90. The van der Waals surface area contributed by atoms with Gasteiger partial charge in [-0.3, -0.25) is 24.4 Å². The van der Waals surface area contributed by atoms with Crippen molar-refractivity contribution in [2.75, 3.05) is 18.4 Å². The largest absolute Gasteiger partial charge is 0.338 e. The van der Waals surface area contributed by atoms with E-state index in [0.717, 1.165) is 24.1 Å². The Morgan fingerprint density at radius 3 is 2.54 bits per heavy atom. The molecule has 1 unspecified atom stereocenters. The van der Waals surface area contributed by atoms with E-state index in [0.29, 0.717) is 42.4 Å². The number of hydrogen-bond acceptors (Lipinski definition) is 6. The van der Waals surface area contributed by atoms with Gasteiger partial charge in [-0.05, 0) is 63.4 Å². The fourth-order valence-electron chi connectivity index (χ4n) is 4.43. The third-order valence-corrected chi connectivity index (χ3v) is 6.28. The number of rotatable bonds is 6. The zero-order valence-corrected chi connectivity index (χ0v) is 20.0. The number of carbonyl (C=O) groups is 2. The Morgan fingerprint density at radius 2 is 1.89 bits per heavy atom. The van der Waals surface area contributed by atoms with Crippen molar-refractivity contribution in [3.05, 3.63) is 80.8 Å². The number of anilines is 1. The molecule has 10 heteroatoms. The number of aromatic nitrogens is 3. The van der Waals surface area contributed by atoms with Crippen LogP contribution < -0.4 is 5.32 Å². The maximum atomic E-state index is 13.1. The number of carbonyl (C=O) groups excluding carboxylic acids is 2. The van der Waals surface area contributed by atoms with E-state index in [1.165, 1.54) is 0 Å². The molecular weight excluding hydrogens is 448 g/mol. The minimum absolute atomic E-state index is 0.0265. The summed E-state index contributed by atoms with van der Waals surface area (Å²) >= 11 is 0. The van der Waals surface area contributed by atoms with Crippen molar-refractivity contribution in [3.63, 3.8) is 0 Å². The SMILES string of the molecule is Cc1cccc(NC(=O)C2CCCN(C(=O)c3ccc(Cn4nc(C)c([N+](=O)[O-])c4C)cc3)C2)n1. The minimum atomic E-state index is -0.417. The van der Waals surface area contributed by atoms with E-state index in [2.05, 4.69) is 15.4 Å². The van der Waals surface area contributed by atoms with Gasteiger partial charge in [-0.25, -0.2) is 4.98 Å². The third kappa shape index (κ3) is 5.37. The number of nitrogens with one attached hydrogen (secondary N) is 1. The van der Waals surface area contributed by atoms with Crippen molar-refractivity contribution in [1.29, 1.82) is 0 Å². The van der Waals surface area contributed by atoms with Gasteiger partial charge in [0.2, 0.25) is 5.91 Å². The molecule has 4 rings (SSSR count). The maximum absolute atomic E-state index is 13.1. The molecule has 1 aliphatic rings. The van der Waals surface area contributed by atoms with Crippen LogP contribution in [0.4, 0.5) is 11.5 Å². The highest BCUT2D eigenvalue weighted by atomic mass is 16.6. The molecule has 0 spiro atoms. The van der Waals surface area contributed by atoms with Gasteiger partial charge < -0.3 is 10.2 Å². The highest BCUT2D eigenvalue weighted by molar-refractivity contribution is 5.96. The number of pyridine rings is 1. The second-order valence-electron chi connectivity index (χ2n) is 8.87. The highest BCUT2D eigenvalue weighted by Crippen LogP contribution is 2.23. The monoisotopic (exact) mass is 476 g/mol. The van der Waals surface area contributed by atoms with Crippen LogP contribution in [-0.4, -0.2) is 49.5 Å². The highest BCUT2D eigenvalue weighted by Gasteiger charge is 2.29. The fraction of sp³-hybridized carbons (Fsp3) is 0.360. The summed E-state index contributed by atoms with van der Waals surface area (Å²) in [5, 5.41) is 18.4. The maximum Gasteiger partial charge on any atom is 0.312 e. The summed E-state index contributed by atoms with van der Waals surface area (Å²) in [7, 11) is 0. The molecule has 3 aromatic rings. The van der Waals surface area contributed by atoms with Crippen LogP contribution >= 0.6 is 0 Å². The summed E-state index contributed by atoms with van der Waals surface area (Å²) in [4.78, 5) is 42.7. The molecular formula is C25H28N6O4. The summed E-state index contributed by atoms with van der Waals surface area (Å²) in [5.74, 6) is -0.0301. The number of hydrogen-bond donors (Lipinski definition) is 1. The molecule has 1 atom stereocenters. The Bertz CT molecular complexity index is 1270. The van der Waals surface area contributed by atoms with Gasteiger partial charge in [0, 0.05) is 24.3 Å². The molecule has 3 heterocycles. The van der Waals surface area contributed by atoms with Gasteiger partial charge in [-0.15, -0.1) is 0 Å². The van der Waals surface area contributed by atoms with Crippen LogP contribution in [0.15, 0.2) is 42.5 Å². The third-order valence-electron chi connectivity index (χ3n) is 6.28. The zero-order valence-electron chi connectivity index (χ0n) is 20.0. The number of piperidine rings is 1. The minimum Gasteiger partial charge on any atom is -0.338 e. The van der Waals surface area contributed by atoms with Crippen LogP contribution in [0, 0.1) is 36.8 Å². The van der Waals surface area contributed by atoms with Gasteiger partial charge in [0.1, 0.15) is 17.2 Å². The van der Waals surface area contributed by atoms with Crippen LogP contribution in [0.25, 0.3) is 0 Å². The van der Waals surface area contributed by atoms with E-state index in [4.69, 9.17) is 0 Å². The van der Waals surface area contributed by atoms with Crippen molar-refractivity contribution in [2.45, 2.75) is 40.2 Å². The Hall–Kier alpha value is -4.08. The van der Waals surface area contributed by atoms with Crippen LogP contribution in [0.5, 0.6) is 0 Å². The van der Waals surface area contributed by atoms with Gasteiger partial charge in [0.05, 0.1) is 17.4 Å². The van der Waals surface area contributed by atoms with Crippen LogP contribution in [-0.2, 0) is 11.3 Å². The number of nitro groups is 1. The van der Waals surface area contributed by atoms with Gasteiger partial charge in [-0.2, -0.15) is 5.10 Å². The number of likely N-dealkylation sites (tertiary alicyclic amines) is 1. The summed E-state index contributed by atoms with van der Waals surface area (Å²) in [6, 6.07) is 12.6. The normalized spacial score (nSPS) is 15.6. The molecule has 1 fully saturated rings. The molecule has 2 amide bonds. The predicted octanol–water partition coefficient (Wildman–Crippen LogP) is 3.65. The first-order valence-corrected chi connectivity index (χ1v) is 11.5. The first-order chi connectivity index (χ1) is 16.7. The van der Waals surface area contributed by atoms with Crippen LogP contribution in [0.2, 0.25) is 0 Å². The molecule has 1 aliphatic heterocycles. The van der Waals surface area contributed by atoms with Crippen molar-refractivity contribution in [1.82, 2.24) is 19.7 Å². The molecule has 2 aromatic heterocycles. The van der Waals surface area contributed by atoms with Crippen LogP contribution in [0.1, 0.15) is 45.8 Å². The Morgan fingerprint density at radius 1 is 1.14 bits per heavy atom. The van der Waals surface area contributed by atoms with E-state index in [9.17, 15) is 19.7 Å². The van der Waals surface area contributed by atoms with Gasteiger partial charge in [0.25, 0.3) is 5.91 Å². The van der Waals surface area contributed by atoms with Gasteiger partial charge in [0.15, 0.2) is 0 Å². The lowest BCUT2D eigenvalue weighted by atomic mass is 9.96. The Labute approximate surface area is 203 Å². The summed E-state index contributed by atoms with van der Waals surface area (Å²) in [6.07, 6.45) is 1.47. The first kappa shape index (κ1) is 24.1. The van der Waals surface area contributed by atoms with Gasteiger partial charge in [-0.1, -0.05) is 18.2 Å². The second kappa shape index (κ2) is 10.0. The van der Waals surface area contributed by atoms with E-state index in [1.54, 1.807) is 41.6 Å². The van der Waals surface area contributed by atoms with E-state index in [-0.39, 0.29) is 23.4 Å². The number of nitrogens with zero attached hydrogens (tertiary/aromatic N) is 5. The molecule has 0 aliphatic carbocycles. The molecule has 10 nitrogen and oxygen atoms in total. The predicted molar refractivity (Wildman–Crippen MR) is 130 cm³/mol. The molecule has 0 radical (unpaired) electrons. The summed E-state index contributed by atoms with van der Waals surface area (Å²) < 4.78 is 1.60. The Balaban J connectivity index is 1.40. The molecule has 1 N–H and O–H groups in total. The molecule has 0 bridgehead atoms. The average molecular weight is 477 g/mol. The van der Waals surface area contributed by atoms with Crippen molar-refractivity contribution in [2.24, 2.45) is 5.92 Å². The topological polar surface area (TPSA) is 123 Å². The van der Waals surface area contributed by atoms with E-state index in [1.807, 2.05) is 31.2 Å². The zero-order chi connectivity index (χ0) is 25.1. The standard InChI is InChI=1S/C25H28N6O4/c1-16-6-4-8-22(26-16)27-24(32)21-7-5-13-29(15-21)25(33)20-11-9-19(10-12-20)14-30-18(3)23(31(34)35)17(2)28-30/h4,6,8-12,21H,5,7,13-15H2,1-3H3,(H,26,27,32). The molecule has 35 heavy (non-hydrogen) atoms. The summed E-state index contributed by atoms with van der Waals surface area (Å²) in [5.41, 5.74) is 3.13. The number of amides is 2. The van der Waals surface area contributed by atoms with Crippen molar-refractivity contribution in [3.8, 4) is 0 Å². The number of aryl methyl sites for hydroxylation is 2. The molecule has 1 aromatic carbocycles. The second-order valence-corrected chi connectivity index (χ2v) is 8.87. The van der Waals surface area contributed by atoms with E-state index >= 15 is 0 Å². The lowest BCUT2D eigenvalue weighted by Gasteiger charge is -2.32. The van der Waals surface area contributed by atoms with Crippen molar-refractivity contribution >= 4 is 23.3 Å². The number of benzene rings is 1. The quantitative estimate of drug-likeness (QED) is 0.428. The van der Waals surface area contributed by atoms with Crippen LogP contribution in [0.3, 0.4) is 0 Å². The summed E-state index contributed by atoms with van der Waals surface area (Å²) in [6.45, 7) is 6.48. The molecule has 1 saturated heterocycles. The lowest BCUT2D eigenvalue weighted by molar-refractivity contribution is -0.386. The fourth-order valence-corrected chi connectivity index (χ4v) is 4.43. The van der Waals surface area contributed by atoms with E-state index < -0.39 is 4.92 Å². The molecule has 182 valence electrons. The first-order valence-electron chi connectivity index (χ1n) is 11.5.